The van der Waals surface area contributed by atoms with E-state index in [9.17, 15) is 19.2 Å². The molecule has 2 aliphatic rings. The molecule has 3 atom stereocenters. The first-order chi connectivity index (χ1) is 32.6. The zero-order valence-corrected chi connectivity index (χ0v) is 41.0. The van der Waals surface area contributed by atoms with Gasteiger partial charge in [-0.2, -0.15) is 15.5 Å². The number of carbonyl (C=O) groups is 4. The van der Waals surface area contributed by atoms with Crippen LogP contribution in [0.25, 0.3) is 21.7 Å². The highest BCUT2D eigenvalue weighted by atomic mass is 35.5. The fourth-order valence-corrected chi connectivity index (χ4v) is 9.52. The van der Waals surface area contributed by atoms with E-state index < -0.39 is 17.5 Å². The predicted molar refractivity (Wildman–Crippen MR) is 260 cm³/mol. The van der Waals surface area contributed by atoms with Crippen molar-refractivity contribution in [2.75, 3.05) is 52.4 Å². The molecule has 19 heteroatoms. The first kappa shape index (κ1) is 49.9. The third kappa shape index (κ3) is 13.2. The Hall–Kier alpha value is -5.97. The minimum absolute atomic E-state index is 0.186. The van der Waals surface area contributed by atoms with Crippen molar-refractivity contribution in [3.8, 4) is 27.8 Å². The van der Waals surface area contributed by atoms with Crippen molar-refractivity contribution in [3.05, 3.63) is 99.5 Å². The molecule has 0 aliphatic carbocycles. The Kier molecular flexibility index (Phi) is 16.8. The second-order valence-corrected chi connectivity index (χ2v) is 19.9. The molecule has 0 bridgehead atoms. The molecular formula is C49H61ClN12O5S. The van der Waals surface area contributed by atoms with E-state index in [2.05, 4.69) is 52.1 Å². The van der Waals surface area contributed by atoms with E-state index >= 15 is 0 Å². The number of aryl methyl sites for hydroxylation is 1. The molecule has 3 aromatic heterocycles. The van der Waals surface area contributed by atoms with E-state index in [-0.39, 0.29) is 41.9 Å². The molecular weight excluding hydrogens is 904 g/mol. The normalized spacial score (nSPS) is 16.5. The van der Waals surface area contributed by atoms with Gasteiger partial charge in [0.15, 0.2) is 0 Å². The summed E-state index contributed by atoms with van der Waals surface area (Å²) in [6.45, 7) is 15.9. The highest BCUT2D eigenvalue weighted by Gasteiger charge is 2.42. The third-order valence-electron chi connectivity index (χ3n) is 12.3. The summed E-state index contributed by atoms with van der Waals surface area (Å²) >= 11 is 7.79. The monoisotopic (exact) mass is 964 g/mol. The van der Waals surface area contributed by atoms with Crippen molar-refractivity contribution >= 4 is 46.6 Å². The number of piperazine rings is 1. The number of aromatic nitrogens is 5. The van der Waals surface area contributed by atoms with Gasteiger partial charge in [-0.05, 0) is 73.9 Å². The summed E-state index contributed by atoms with van der Waals surface area (Å²) in [5, 5.41) is 30.2. The predicted octanol–water partition coefficient (Wildman–Crippen LogP) is 5.41. The molecule has 7 rings (SSSR count). The van der Waals surface area contributed by atoms with Crippen LogP contribution in [0, 0.1) is 23.7 Å². The van der Waals surface area contributed by atoms with Gasteiger partial charge in [0.05, 0.1) is 57.8 Å². The van der Waals surface area contributed by atoms with E-state index in [0.717, 1.165) is 72.8 Å². The van der Waals surface area contributed by atoms with Gasteiger partial charge in [0.2, 0.25) is 17.7 Å². The van der Waals surface area contributed by atoms with Gasteiger partial charge in [0.25, 0.3) is 5.91 Å². The topological polar surface area (TPSA) is 206 Å². The van der Waals surface area contributed by atoms with Gasteiger partial charge in [-0.25, -0.2) is 4.98 Å². The number of hydrogen-bond acceptors (Lipinski definition) is 12. The molecule has 4 N–H and O–H groups in total. The lowest BCUT2D eigenvalue weighted by atomic mass is 9.85. The molecule has 68 heavy (non-hydrogen) atoms. The number of halogens is 1. The minimum atomic E-state index is -0.779. The van der Waals surface area contributed by atoms with E-state index in [4.69, 9.17) is 21.6 Å². The van der Waals surface area contributed by atoms with Gasteiger partial charge in [-0.3, -0.25) is 33.9 Å². The minimum Gasteiger partial charge on any atom is -0.375 e. The molecule has 17 nitrogen and oxygen atoms in total. The first-order valence-corrected chi connectivity index (χ1v) is 24.4. The third-order valence-corrected chi connectivity index (χ3v) is 13.6. The number of nitrogens with zero attached hydrogens (tertiary/aromatic N) is 8. The van der Waals surface area contributed by atoms with E-state index in [1.165, 1.54) is 0 Å². The maximum atomic E-state index is 14.1. The van der Waals surface area contributed by atoms with E-state index in [1.807, 2.05) is 76.7 Å². The van der Waals surface area contributed by atoms with Crippen LogP contribution in [0.4, 0.5) is 0 Å². The van der Waals surface area contributed by atoms with Crippen LogP contribution in [0.1, 0.15) is 80.0 Å². The lowest BCUT2D eigenvalue weighted by Gasteiger charge is -2.37. The summed E-state index contributed by atoms with van der Waals surface area (Å²) in [7, 11) is 0. The zero-order valence-electron chi connectivity index (χ0n) is 39.4. The molecule has 2 aliphatic heterocycles. The van der Waals surface area contributed by atoms with Gasteiger partial charge < -0.3 is 30.5 Å². The number of ether oxygens (including phenoxy) is 1. The van der Waals surface area contributed by atoms with Crippen molar-refractivity contribution in [2.45, 2.75) is 91.7 Å². The number of hydrogen-bond donors (Lipinski definition) is 4. The first-order valence-electron chi connectivity index (χ1n) is 23.1. The number of carbonyl (C=O) groups excluding carboxylic acids is 4. The highest BCUT2D eigenvalue weighted by molar-refractivity contribution is 7.13. The molecule has 0 saturated carbocycles. The Morgan fingerprint density at radius 3 is 2.46 bits per heavy atom. The van der Waals surface area contributed by atoms with Crippen LogP contribution >= 0.6 is 22.9 Å². The SMILES string of the molecule is Cc1ncsc1-c1ccc(CNC(=O)[C@@H]2CCCN2C(=O)[C@@H](NC(=O)CN2CCN(CCCOCc3cc(C(=O)N[C@@H](C)Cn4ccc(-c5ccc(C#N)c(Cl)c5)n4)n[nH]3)CC2)C(C)(C)C)cc1. The molecule has 2 aromatic carbocycles. The number of nitriles is 1. The zero-order chi connectivity index (χ0) is 48.4. The second kappa shape index (κ2) is 22.9. The fourth-order valence-electron chi connectivity index (χ4n) is 8.49. The average Bonchev–Trinajstić information content (AvgIpc) is 4.16. The number of thiazole rings is 1. The largest absolute Gasteiger partial charge is 0.375 e. The van der Waals surface area contributed by atoms with Crippen LogP contribution < -0.4 is 16.0 Å². The van der Waals surface area contributed by atoms with Crippen LogP contribution in [0.15, 0.2) is 66.3 Å². The Morgan fingerprint density at radius 2 is 1.75 bits per heavy atom. The van der Waals surface area contributed by atoms with Gasteiger partial charge in [-0.15, -0.1) is 11.3 Å². The molecule has 2 saturated heterocycles. The lowest BCUT2D eigenvalue weighted by molar-refractivity contribution is -0.144. The van der Waals surface area contributed by atoms with Crippen molar-refractivity contribution in [2.24, 2.45) is 5.41 Å². The standard InChI is InChI=1S/C49H61ClN12O5S/c1-32(28-61-18-15-40(58-61)36-13-14-37(26-51)39(50)24-36)54-46(64)41-25-38(56-57-41)30-67-23-7-16-59-19-21-60(22-20-59)29-43(63)55-45(49(3,4)5)48(66)62-17-6-8-42(62)47(65)52-27-34-9-11-35(12-10-34)44-33(2)53-31-68-44/h9-15,18,24-25,31-32,42,45H,6-8,16-17,19-23,27-30H2,1-5H3,(H,52,65)(H,54,64)(H,55,63)(H,56,57)/t32-,42-,45+/m0/s1. The van der Waals surface area contributed by atoms with E-state index in [1.54, 1.807) is 45.2 Å². The van der Waals surface area contributed by atoms with Gasteiger partial charge in [0, 0.05) is 70.2 Å². The number of benzene rings is 2. The van der Waals surface area contributed by atoms with Gasteiger partial charge >= 0.3 is 0 Å². The molecule has 5 aromatic rings. The Morgan fingerprint density at radius 1 is 1.00 bits per heavy atom. The summed E-state index contributed by atoms with van der Waals surface area (Å²) in [5.41, 5.74) is 7.20. The number of aromatic amines is 1. The average molecular weight is 966 g/mol. The lowest BCUT2D eigenvalue weighted by Crippen LogP contribution is -2.59. The van der Waals surface area contributed by atoms with Crippen molar-refractivity contribution in [1.82, 2.24) is 55.6 Å². The molecule has 0 radical (unpaired) electrons. The molecule has 0 spiro atoms. The molecule has 0 unspecified atom stereocenters. The molecule has 360 valence electrons. The Labute approximate surface area is 406 Å². The van der Waals surface area contributed by atoms with Crippen molar-refractivity contribution < 1.29 is 23.9 Å². The maximum absolute atomic E-state index is 14.1. The summed E-state index contributed by atoms with van der Waals surface area (Å²) in [4.78, 5) is 65.5. The van der Waals surface area contributed by atoms with Gasteiger partial charge in [0.1, 0.15) is 23.8 Å². The van der Waals surface area contributed by atoms with Crippen LogP contribution in [0.3, 0.4) is 0 Å². The van der Waals surface area contributed by atoms with Gasteiger partial charge in [-0.1, -0.05) is 62.7 Å². The van der Waals surface area contributed by atoms with Crippen LogP contribution in [-0.4, -0.2) is 134 Å². The Balaban J connectivity index is 0.773. The molecule has 4 amide bonds. The van der Waals surface area contributed by atoms with Crippen LogP contribution in [0.2, 0.25) is 5.02 Å². The summed E-state index contributed by atoms with van der Waals surface area (Å²) in [6.07, 6.45) is 3.94. The van der Waals surface area contributed by atoms with Crippen molar-refractivity contribution in [1.29, 1.82) is 5.26 Å². The number of rotatable bonds is 19. The molecule has 5 heterocycles. The van der Waals surface area contributed by atoms with Crippen LogP contribution in [0.5, 0.6) is 0 Å². The highest BCUT2D eigenvalue weighted by Crippen LogP contribution is 2.29. The summed E-state index contributed by atoms with van der Waals surface area (Å²) < 4.78 is 7.64. The van der Waals surface area contributed by atoms with E-state index in [0.29, 0.717) is 61.2 Å². The number of amides is 4. The number of H-pyrrole nitrogens is 1. The maximum Gasteiger partial charge on any atom is 0.272 e. The number of nitrogens with one attached hydrogen (secondary N) is 4. The summed E-state index contributed by atoms with van der Waals surface area (Å²) in [5.74, 6) is -0.925. The van der Waals surface area contributed by atoms with Crippen molar-refractivity contribution in [3.63, 3.8) is 0 Å². The fraction of sp³-hybridized carbons (Fsp3) is 0.469. The second-order valence-electron chi connectivity index (χ2n) is 18.6. The quantitative estimate of drug-likeness (QED) is 0.0770. The Bertz CT molecular complexity index is 2570. The summed E-state index contributed by atoms with van der Waals surface area (Å²) in [6, 6.07) is 17.3. The number of likely N-dealkylation sites (tertiary alicyclic amines) is 1. The van der Waals surface area contributed by atoms with Crippen LogP contribution in [-0.2, 0) is 38.8 Å². The molecule has 2 fully saturated rings. The smallest absolute Gasteiger partial charge is 0.272 e.